The summed E-state index contributed by atoms with van der Waals surface area (Å²) in [7, 11) is 0. The average molecular weight is 263 g/mol. The van der Waals surface area contributed by atoms with E-state index < -0.39 is 11.6 Å². The standard InChI is InChI=1S/C14H15F2N3/c1-2-17-14(10-6-7-18-19-9-10)8-11-12(15)4-3-5-13(11)16/h3-7,9,14,17H,2,8H2,1H3. The number of nitrogens with zero attached hydrogens (tertiary/aromatic N) is 2. The van der Waals surface area contributed by atoms with Gasteiger partial charge in [0.15, 0.2) is 0 Å². The summed E-state index contributed by atoms with van der Waals surface area (Å²) in [5.74, 6) is -1.05. The Hall–Kier alpha value is -1.88. The number of halogens is 2. The molecule has 0 amide bonds. The van der Waals surface area contributed by atoms with Crippen molar-refractivity contribution < 1.29 is 8.78 Å². The number of nitrogens with one attached hydrogen (secondary N) is 1. The predicted octanol–water partition coefficient (Wildman–Crippen LogP) is 2.65. The summed E-state index contributed by atoms with van der Waals surface area (Å²) in [6, 6.07) is 5.51. The molecule has 1 aromatic carbocycles. The first-order valence-electron chi connectivity index (χ1n) is 6.15. The summed E-state index contributed by atoms with van der Waals surface area (Å²) in [5.41, 5.74) is 0.949. The van der Waals surface area contributed by atoms with E-state index in [1.54, 1.807) is 18.5 Å². The molecule has 3 nitrogen and oxygen atoms in total. The van der Waals surface area contributed by atoms with Crippen LogP contribution in [-0.4, -0.2) is 16.7 Å². The average Bonchev–Trinajstić information content (AvgIpc) is 2.43. The van der Waals surface area contributed by atoms with Crippen molar-refractivity contribution in [3.05, 3.63) is 59.4 Å². The number of rotatable bonds is 5. The zero-order valence-corrected chi connectivity index (χ0v) is 10.6. The second kappa shape index (κ2) is 6.33. The van der Waals surface area contributed by atoms with E-state index >= 15 is 0 Å². The highest BCUT2D eigenvalue weighted by molar-refractivity contribution is 5.23. The molecule has 1 N–H and O–H groups in total. The molecule has 0 bridgehead atoms. The molecule has 5 heteroatoms. The molecule has 0 aliphatic rings. The molecular weight excluding hydrogens is 248 g/mol. The molecular formula is C14H15F2N3. The summed E-state index contributed by atoms with van der Waals surface area (Å²) in [6.07, 6.45) is 3.40. The summed E-state index contributed by atoms with van der Waals surface area (Å²) < 4.78 is 27.3. The number of hydrogen-bond acceptors (Lipinski definition) is 3. The Kier molecular flexibility index (Phi) is 4.52. The smallest absolute Gasteiger partial charge is 0.129 e. The van der Waals surface area contributed by atoms with Gasteiger partial charge in [0, 0.05) is 17.8 Å². The minimum atomic E-state index is -0.523. The van der Waals surface area contributed by atoms with Gasteiger partial charge in [0.1, 0.15) is 11.6 Å². The lowest BCUT2D eigenvalue weighted by molar-refractivity contribution is 0.498. The molecule has 0 saturated carbocycles. The van der Waals surface area contributed by atoms with Gasteiger partial charge in [0.25, 0.3) is 0 Å². The van der Waals surface area contributed by atoms with E-state index in [0.29, 0.717) is 6.54 Å². The Morgan fingerprint density at radius 1 is 1.16 bits per heavy atom. The first-order chi connectivity index (χ1) is 9.22. The molecule has 2 aromatic rings. The Balaban J connectivity index is 2.27. The summed E-state index contributed by atoms with van der Waals surface area (Å²) >= 11 is 0. The third-order valence-corrected chi connectivity index (χ3v) is 2.93. The Morgan fingerprint density at radius 3 is 2.47 bits per heavy atom. The number of aromatic nitrogens is 2. The van der Waals surface area contributed by atoms with Crippen molar-refractivity contribution in [1.29, 1.82) is 0 Å². The van der Waals surface area contributed by atoms with Gasteiger partial charge < -0.3 is 5.32 Å². The topological polar surface area (TPSA) is 37.8 Å². The van der Waals surface area contributed by atoms with Crippen LogP contribution in [-0.2, 0) is 6.42 Å². The molecule has 2 rings (SSSR count). The molecule has 0 fully saturated rings. The highest BCUT2D eigenvalue weighted by atomic mass is 19.1. The first kappa shape index (κ1) is 13.5. The maximum Gasteiger partial charge on any atom is 0.129 e. The van der Waals surface area contributed by atoms with Crippen molar-refractivity contribution in [2.24, 2.45) is 0 Å². The third-order valence-electron chi connectivity index (χ3n) is 2.93. The van der Waals surface area contributed by atoms with Gasteiger partial charge in [0.05, 0.1) is 6.20 Å². The molecule has 1 heterocycles. The second-order valence-corrected chi connectivity index (χ2v) is 4.19. The van der Waals surface area contributed by atoms with Crippen molar-refractivity contribution in [2.75, 3.05) is 6.54 Å². The minimum absolute atomic E-state index is 0.0882. The molecule has 0 aliphatic carbocycles. The van der Waals surface area contributed by atoms with Crippen LogP contribution in [0, 0.1) is 11.6 Å². The molecule has 1 unspecified atom stereocenters. The fourth-order valence-corrected chi connectivity index (χ4v) is 1.99. The van der Waals surface area contributed by atoms with Crippen LogP contribution in [0.15, 0.2) is 36.7 Å². The van der Waals surface area contributed by atoms with Crippen LogP contribution in [0.2, 0.25) is 0 Å². The van der Waals surface area contributed by atoms with E-state index in [2.05, 4.69) is 15.5 Å². The van der Waals surface area contributed by atoms with E-state index in [0.717, 1.165) is 5.56 Å². The van der Waals surface area contributed by atoms with E-state index in [-0.39, 0.29) is 18.0 Å². The lowest BCUT2D eigenvalue weighted by atomic mass is 9.99. The van der Waals surface area contributed by atoms with Gasteiger partial charge in [-0.1, -0.05) is 13.0 Å². The van der Waals surface area contributed by atoms with Crippen LogP contribution in [0.5, 0.6) is 0 Å². The molecule has 0 saturated heterocycles. The molecule has 19 heavy (non-hydrogen) atoms. The van der Waals surface area contributed by atoms with E-state index in [4.69, 9.17) is 0 Å². The first-order valence-corrected chi connectivity index (χ1v) is 6.15. The summed E-state index contributed by atoms with van der Waals surface area (Å²) in [6.45, 7) is 2.64. The van der Waals surface area contributed by atoms with Crippen molar-refractivity contribution in [1.82, 2.24) is 15.5 Å². The van der Waals surface area contributed by atoms with Crippen molar-refractivity contribution in [3.63, 3.8) is 0 Å². The Bertz CT molecular complexity index is 511. The van der Waals surface area contributed by atoms with Crippen LogP contribution in [0.1, 0.15) is 24.1 Å². The SMILES string of the molecule is CCNC(Cc1c(F)cccc1F)c1ccnnc1. The Morgan fingerprint density at radius 2 is 1.89 bits per heavy atom. The number of hydrogen-bond donors (Lipinski definition) is 1. The summed E-state index contributed by atoms with van der Waals surface area (Å²) in [4.78, 5) is 0. The quantitative estimate of drug-likeness (QED) is 0.901. The molecule has 0 spiro atoms. The van der Waals surface area contributed by atoms with Gasteiger partial charge in [-0.3, -0.25) is 0 Å². The van der Waals surface area contributed by atoms with Crippen molar-refractivity contribution in [2.45, 2.75) is 19.4 Å². The molecule has 1 aromatic heterocycles. The van der Waals surface area contributed by atoms with Crippen molar-refractivity contribution >= 4 is 0 Å². The van der Waals surface area contributed by atoms with Gasteiger partial charge in [0.2, 0.25) is 0 Å². The van der Waals surface area contributed by atoms with Crippen LogP contribution >= 0.6 is 0 Å². The normalized spacial score (nSPS) is 12.4. The fraction of sp³-hybridized carbons (Fsp3) is 0.286. The van der Waals surface area contributed by atoms with Gasteiger partial charge in [-0.15, -0.1) is 0 Å². The van der Waals surface area contributed by atoms with Crippen molar-refractivity contribution in [3.8, 4) is 0 Å². The largest absolute Gasteiger partial charge is 0.310 e. The number of benzene rings is 1. The molecule has 0 aliphatic heterocycles. The molecule has 100 valence electrons. The maximum absolute atomic E-state index is 13.7. The molecule has 0 radical (unpaired) electrons. The third kappa shape index (κ3) is 3.32. The molecule has 1 atom stereocenters. The number of likely N-dealkylation sites (N-methyl/N-ethyl adjacent to an activating group) is 1. The highest BCUT2D eigenvalue weighted by Crippen LogP contribution is 2.21. The van der Waals surface area contributed by atoms with E-state index in [1.807, 2.05) is 6.92 Å². The van der Waals surface area contributed by atoms with Gasteiger partial charge in [-0.2, -0.15) is 10.2 Å². The van der Waals surface area contributed by atoms with Gasteiger partial charge in [-0.05, 0) is 36.7 Å². The monoisotopic (exact) mass is 263 g/mol. The summed E-state index contributed by atoms with van der Waals surface area (Å²) in [5, 5.41) is 10.7. The van der Waals surface area contributed by atoms with Crippen LogP contribution in [0.25, 0.3) is 0 Å². The fourth-order valence-electron chi connectivity index (χ4n) is 1.99. The van der Waals surface area contributed by atoms with E-state index in [1.165, 1.54) is 18.2 Å². The highest BCUT2D eigenvalue weighted by Gasteiger charge is 2.16. The van der Waals surface area contributed by atoms with Crippen LogP contribution in [0.3, 0.4) is 0 Å². The minimum Gasteiger partial charge on any atom is -0.310 e. The van der Waals surface area contributed by atoms with Crippen LogP contribution < -0.4 is 5.32 Å². The van der Waals surface area contributed by atoms with Crippen LogP contribution in [0.4, 0.5) is 8.78 Å². The predicted molar refractivity (Wildman–Crippen MR) is 68.5 cm³/mol. The van der Waals surface area contributed by atoms with Gasteiger partial charge in [-0.25, -0.2) is 8.78 Å². The lowest BCUT2D eigenvalue weighted by Crippen LogP contribution is -2.24. The zero-order valence-electron chi connectivity index (χ0n) is 10.6. The lowest BCUT2D eigenvalue weighted by Gasteiger charge is -2.18. The maximum atomic E-state index is 13.7. The van der Waals surface area contributed by atoms with E-state index in [9.17, 15) is 8.78 Å². The zero-order chi connectivity index (χ0) is 13.7. The van der Waals surface area contributed by atoms with Gasteiger partial charge >= 0.3 is 0 Å². The second-order valence-electron chi connectivity index (χ2n) is 4.19. The Labute approximate surface area is 110 Å².